The first-order chi connectivity index (χ1) is 9.15. The molecule has 0 aliphatic heterocycles. The van der Waals surface area contributed by atoms with Crippen LogP contribution in [-0.2, 0) is 9.59 Å². The van der Waals surface area contributed by atoms with Crippen LogP contribution in [0.2, 0.25) is 0 Å². The van der Waals surface area contributed by atoms with Crippen LogP contribution in [0, 0.1) is 23.7 Å². The summed E-state index contributed by atoms with van der Waals surface area (Å²) in [6.07, 6.45) is 7.52. The van der Waals surface area contributed by atoms with Gasteiger partial charge in [0.2, 0.25) is 5.91 Å². The molecule has 3 aliphatic rings. The summed E-state index contributed by atoms with van der Waals surface area (Å²) in [6.45, 7) is 0. The van der Waals surface area contributed by atoms with Crippen molar-refractivity contribution in [3.63, 3.8) is 0 Å². The fraction of sp³-hybridized carbons (Fsp3) is 0.867. The zero-order valence-corrected chi connectivity index (χ0v) is 11.3. The molecule has 2 N–H and O–H groups in total. The molecule has 4 nitrogen and oxygen atoms in total. The molecule has 106 valence electrons. The van der Waals surface area contributed by atoms with Crippen molar-refractivity contribution in [1.29, 1.82) is 0 Å². The van der Waals surface area contributed by atoms with Gasteiger partial charge in [-0.25, -0.2) is 0 Å². The monoisotopic (exact) mass is 265 g/mol. The summed E-state index contributed by atoms with van der Waals surface area (Å²) in [5, 5.41) is 11.7. The van der Waals surface area contributed by atoms with E-state index in [-0.39, 0.29) is 12.3 Å². The molecule has 2 bridgehead atoms. The van der Waals surface area contributed by atoms with Gasteiger partial charge in [0.1, 0.15) is 0 Å². The molecule has 3 saturated carbocycles. The quantitative estimate of drug-likeness (QED) is 0.800. The van der Waals surface area contributed by atoms with Gasteiger partial charge in [-0.1, -0.05) is 6.42 Å². The second kappa shape index (κ2) is 5.14. The number of hydrogen-bond acceptors (Lipinski definition) is 2. The Morgan fingerprint density at radius 3 is 2.63 bits per heavy atom. The third-order valence-electron chi connectivity index (χ3n) is 5.57. The summed E-state index contributed by atoms with van der Waals surface area (Å²) < 4.78 is 0. The molecule has 0 heterocycles. The summed E-state index contributed by atoms with van der Waals surface area (Å²) in [6, 6.07) is 0.377. The molecule has 3 rings (SSSR count). The van der Waals surface area contributed by atoms with Gasteiger partial charge in [0.05, 0.1) is 0 Å². The van der Waals surface area contributed by atoms with Crippen molar-refractivity contribution >= 4 is 11.9 Å². The van der Waals surface area contributed by atoms with E-state index >= 15 is 0 Å². The lowest BCUT2D eigenvalue weighted by Crippen LogP contribution is -2.42. The Hall–Kier alpha value is -1.06. The maximum Gasteiger partial charge on any atom is 0.303 e. The second-order valence-corrected chi connectivity index (χ2v) is 6.58. The minimum absolute atomic E-state index is 0.0494. The summed E-state index contributed by atoms with van der Waals surface area (Å²) in [4.78, 5) is 22.3. The lowest BCUT2D eigenvalue weighted by atomic mass is 9.79. The number of carbonyl (C=O) groups is 2. The van der Waals surface area contributed by atoms with Gasteiger partial charge >= 0.3 is 5.97 Å². The molecule has 0 radical (unpaired) electrons. The van der Waals surface area contributed by atoms with Gasteiger partial charge in [0, 0.05) is 18.9 Å². The van der Waals surface area contributed by atoms with Crippen LogP contribution in [0.25, 0.3) is 0 Å². The average molecular weight is 265 g/mol. The molecule has 0 aromatic heterocycles. The van der Waals surface area contributed by atoms with Crippen molar-refractivity contribution < 1.29 is 14.7 Å². The lowest BCUT2D eigenvalue weighted by Gasteiger charge is -2.32. The fourth-order valence-electron chi connectivity index (χ4n) is 4.91. The standard InChI is InChI=1S/C15H23NO3/c17-14(5-2-6-15(18)19)16-13-8-9-7-12(13)11-4-1-3-10(9)11/h9-13H,1-8H2,(H,16,17)(H,18,19). The lowest BCUT2D eigenvalue weighted by molar-refractivity contribution is -0.137. The predicted octanol–water partition coefficient (Wildman–Crippen LogP) is 2.18. The molecule has 0 spiro atoms. The highest BCUT2D eigenvalue weighted by atomic mass is 16.4. The average Bonchev–Trinajstić information content (AvgIpc) is 2.98. The van der Waals surface area contributed by atoms with Crippen LogP contribution in [0.1, 0.15) is 51.4 Å². The predicted molar refractivity (Wildman–Crippen MR) is 70.5 cm³/mol. The summed E-state index contributed by atoms with van der Waals surface area (Å²) in [5.41, 5.74) is 0. The first-order valence-electron chi connectivity index (χ1n) is 7.66. The number of rotatable bonds is 5. The maximum atomic E-state index is 11.8. The summed E-state index contributed by atoms with van der Waals surface area (Å²) >= 11 is 0. The summed E-state index contributed by atoms with van der Waals surface area (Å²) in [7, 11) is 0. The molecule has 0 saturated heterocycles. The minimum atomic E-state index is -0.818. The highest BCUT2D eigenvalue weighted by Gasteiger charge is 2.53. The molecule has 3 aliphatic carbocycles. The van der Waals surface area contributed by atoms with Crippen LogP contribution in [0.4, 0.5) is 0 Å². The molecule has 5 unspecified atom stereocenters. The van der Waals surface area contributed by atoms with E-state index in [9.17, 15) is 9.59 Å². The molecular formula is C15H23NO3. The number of fused-ring (bicyclic) bond motifs is 5. The highest BCUT2D eigenvalue weighted by molar-refractivity contribution is 5.77. The zero-order valence-electron chi connectivity index (χ0n) is 11.3. The fourth-order valence-corrected chi connectivity index (χ4v) is 4.91. The van der Waals surface area contributed by atoms with E-state index in [1.807, 2.05) is 0 Å². The second-order valence-electron chi connectivity index (χ2n) is 6.58. The first kappa shape index (κ1) is 12.9. The Bertz CT molecular complexity index is 382. The van der Waals surface area contributed by atoms with Gasteiger partial charge in [0.25, 0.3) is 0 Å². The topological polar surface area (TPSA) is 66.4 Å². The van der Waals surface area contributed by atoms with E-state index in [4.69, 9.17) is 5.11 Å². The van der Waals surface area contributed by atoms with Crippen molar-refractivity contribution in [2.24, 2.45) is 23.7 Å². The molecule has 5 atom stereocenters. The van der Waals surface area contributed by atoms with Crippen molar-refractivity contribution in [2.45, 2.75) is 57.4 Å². The number of hydrogen-bond donors (Lipinski definition) is 2. The number of carboxylic acids is 1. The highest BCUT2D eigenvalue weighted by Crippen LogP contribution is 2.58. The smallest absolute Gasteiger partial charge is 0.303 e. The third-order valence-corrected chi connectivity index (χ3v) is 5.57. The van der Waals surface area contributed by atoms with E-state index in [0.29, 0.717) is 24.8 Å². The third kappa shape index (κ3) is 2.49. The number of amides is 1. The van der Waals surface area contributed by atoms with Gasteiger partial charge < -0.3 is 10.4 Å². The van der Waals surface area contributed by atoms with E-state index in [0.717, 1.165) is 24.2 Å². The first-order valence-corrected chi connectivity index (χ1v) is 7.66. The molecular weight excluding hydrogens is 242 g/mol. The van der Waals surface area contributed by atoms with Gasteiger partial charge in [-0.2, -0.15) is 0 Å². The van der Waals surface area contributed by atoms with Crippen LogP contribution >= 0.6 is 0 Å². The number of carboxylic acid groups (broad SMARTS) is 1. The number of aliphatic carboxylic acids is 1. The van der Waals surface area contributed by atoms with E-state index in [1.54, 1.807) is 0 Å². The molecule has 1 amide bonds. The number of nitrogens with one attached hydrogen (secondary N) is 1. The van der Waals surface area contributed by atoms with E-state index < -0.39 is 5.97 Å². The normalized spacial score (nSPS) is 39.3. The molecule has 4 heteroatoms. The van der Waals surface area contributed by atoms with Gasteiger partial charge in [-0.3, -0.25) is 9.59 Å². The van der Waals surface area contributed by atoms with Crippen molar-refractivity contribution in [2.75, 3.05) is 0 Å². The van der Waals surface area contributed by atoms with E-state index in [1.165, 1.54) is 25.7 Å². The minimum Gasteiger partial charge on any atom is -0.481 e. The summed E-state index contributed by atoms with van der Waals surface area (Å²) in [5.74, 6) is 2.60. The molecule has 3 fully saturated rings. The van der Waals surface area contributed by atoms with Crippen LogP contribution in [-0.4, -0.2) is 23.0 Å². The van der Waals surface area contributed by atoms with Crippen LogP contribution in [0.15, 0.2) is 0 Å². The van der Waals surface area contributed by atoms with Crippen LogP contribution < -0.4 is 5.32 Å². The molecule has 19 heavy (non-hydrogen) atoms. The van der Waals surface area contributed by atoms with Crippen molar-refractivity contribution in [1.82, 2.24) is 5.32 Å². The van der Waals surface area contributed by atoms with Crippen molar-refractivity contribution in [3.8, 4) is 0 Å². The number of carbonyl (C=O) groups excluding carboxylic acids is 1. The Balaban J connectivity index is 1.46. The van der Waals surface area contributed by atoms with Gasteiger partial charge in [-0.15, -0.1) is 0 Å². The van der Waals surface area contributed by atoms with Crippen molar-refractivity contribution in [3.05, 3.63) is 0 Å². The SMILES string of the molecule is O=C(O)CCCC(=O)NC1CC2CC1C1CCCC21. The van der Waals surface area contributed by atoms with E-state index in [2.05, 4.69) is 5.32 Å². The Kier molecular flexibility index (Phi) is 3.50. The Morgan fingerprint density at radius 1 is 1.05 bits per heavy atom. The largest absolute Gasteiger partial charge is 0.481 e. The maximum absolute atomic E-state index is 11.8. The molecule has 0 aromatic rings. The van der Waals surface area contributed by atoms with Crippen LogP contribution in [0.3, 0.4) is 0 Å². The van der Waals surface area contributed by atoms with Crippen LogP contribution in [0.5, 0.6) is 0 Å². The Labute approximate surface area is 113 Å². The van der Waals surface area contributed by atoms with Gasteiger partial charge in [0.15, 0.2) is 0 Å². The zero-order chi connectivity index (χ0) is 13.4. The Morgan fingerprint density at radius 2 is 1.84 bits per heavy atom. The van der Waals surface area contributed by atoms with Gasteiger partial charge in [-0.05, 0) is 55.8 Å². The molecule has 0 aromatic carbocycles.